The highest BCUT2D eigenvalue weighted by Gasteiger charge is 2.57. The molecule has 0 aromatic carbocycles. The molecule has 0 aromatic heterocycles. The Kier molecular flexibility index (Phi) is 3.02. The minimum atomic E-state index is -0.733. The molecule has 0 bridgehead atoms. The molecule has 2 saturated carbocycles. The zero-order valence-corrected chi connectivity index (χ0v) is 10.4. The number of amides is 1. The average Bonchev–Trinajstić information content (AvgIpc) is 2.82. The molecule has 96 valence electrons. The molecule has 0 spiro atoms. The van der Waals surface area contributed by atoms with Crippen molar-refractivity contribution < 1.29 is 10.0 Å². The van der Waals surface area contributed by atoms with Gasteiger partial charge in [-0.1, -0.05) is 18.5 Å². The highest BCUT2D eigenvalue weighted by atomic mass is 16.4. The summed E-state index contributed by atoms with van der Waals surface area (Å²) >= 11 is 0. The number of hydrogen-bond donors (Lipinski definition) is 3. The molecule has 3 unspecified atom stereocenters. The first-order valence-electron chi connectivity index (χ1n) is 6.33. The number of nitrogens with zero attached hydrogens (tertiary/aromatic N) is 1. The number of hydrogen-bond acceptors (Lipinski definition) is 3. The smallest absolute Gasteiger partial charge is 0.224 e. The minimum Gasteiger partial charge on any atom is -0.409 e. The third kappa shape index (κ3) is 1.98. The van der Waals surface area contributed by atoms with Crippen LogP contribution in [-0.4, -0.2) is 22.5 Å². The summed E-state index contributed by atoms with van der Waals surface area (Å²) in [7, 11) is 0. The second-order valence-corrected chi connectivity index (χ2v) is 5.44. The third-order valence-corrected chi connectivity index (χ3v) is 4.49. The van der Waals surface area contributed by atoms with Crippen molar-refractivity contribution in [1.82, 2.24) is 5.32 Å². The fraction of sp³-hybridized carbons (Fsp3) is 0.833. The van der Waals surface area contributed by atoms with Crippen molar-refractivity contribution in [3.05, 3.63) is 0 Å². The van der Waals surface area contributed by atoms with Crippen LogP contribution in [0.2, 0.25) is 0 Å². The van der Waals surface area contributed by atoms with E-state index in [2.05, 4.69) is 10.5 Å². The second kappa shape index (κ2) is 4.20. The monoisotopic (exact) mass is 239 g/mol. The molecule has 2 rings (SSSR count). The lowest BCUT2D eigenvalue weighted by Gasteiger charge is -2.28. The molecule has 0 heterocycles. The van der Waals surface area contributed by atoms with Gasteiger partial charge in [-0.05, 0) is 38.0 Å². The number of carbonyl (C=O) groups excluding carboxylic acids is 1. The Labute approximate surface area is 101 Å². The molecular formula is C12H21N3O2. The molecule has 0 aliphatic heterocycles. The lowest BCUT2D eigenvalue weighted by molar-refractivity contribution is -0.124. The second-order valence-electron chi connectivity index (χ2n) is 5.44. The van der Waals surface area contributed by atoms with Crippen LogP contribution in [0.25, 0.3) is 0 Å². The van der Waals surface area contributed by atoms with E-state index >= 15 is 0 Å². The van der Waals surface area contributed by atoms with Gasteiger partial charge in [-0.2, -0.15) is 0 Å². The number of amidine groups is 1. The van der Waals surface area contributed by atoms with Crippen LogP contribution in [0.4, 0.5) is 0 Å². The van der Waals surface area contributed by atoms with E-state index in [1.54, 1.807) is 6.92 Å². The predicted molar refractivity (Wildman–Crippen MR) is 64.6 cm³/mol. The number of fused-ring (bicyclic) bond motifs is 1. The van der Waals surface area contributed by atoms with Crippen LogP contribution in [0.3, 0.4) is 0 Å². The van der Waals surface area contributed by atoms with Gasteiger partial charge in [0.05, 0.1) is 5.54 Å². The van der Waals surface area contributed by atoms with Gasteiger partial charge in [0.1, 0.15) is 0 Å². The van der Waals surface area contributed by atoms with Crippen LogP contribution in [-0.2, 0) is 4.79 Å². The predicted octanol–water partition coefficient (Wildman–Crippen LogP) is 1.06. The number of carbonyl (C=O) groups is 1. The Morgan fingerprint density at radius 2 is 2.12 bits per heavy atom. The fourth-order valence-corrected chi connectivity index (χ4v) is 3.01. The SMILES string of the molecule is CCC(C)(NC(=O)C1C2CCCC21)C(N)=NO. The molecule has 5 heteroatoms. The van der Waals surface area contributed by atoms with Crippen LogP contribution in [0.5, 0.6) is 0 Å². The van der Waals surface area contributed by atoms with E-state index in [0.29, 0.717) is 18.3 Å². The summed E-state index contributed by atoms with van der Waals surface area (Å²) in [5.41, 5.74) is 4.90. The summed E-state index contributed by atoms with van der Waals surface area (Å²) in [6.07, 6.45) is 4.21. The molecule has 0 radical (unpaired) electrons. The van der Waals surface area contributed by atoms with Crippen LogP contribution in [0, 0.1) is 17.8 Å². The van der Waals surface area contributed by atoms with Crippen molar-refractivity contribution in [3.8, 4) is 0 Å². The van der Waals surface area contributed by atoms with Crippen molar-refractivity contribution in [3.63, 3.8) is 0 Å². The first kappa shape index (κ1) is 12.2. The number of oxime groups is 1. The standard InChI is InChI=1S/C12H21N3O2/c1-3-12(2,11(13)15-17)14-10(16)9-7-5-4-6-8(7)9/h7-9,17H,3-6H2,1-2H3,(H2,13,15)(H,14,16). The Morgan fingerprint density at radius 1 is 1.53 bits per heavy atom. The lowest BCUT2D eigenvalue weighted by Crippen LogP contribution is -2.55. The molecule has 2 aliphatic carbocycles. The van der Waals surface area contributed by atoms with Gasteiger partial charge in [0.15, 0.2) is 5.84 Å². The molecule has 4 N–H and O–H groups in total. The quantitative estimate of drug-likeness (QED) is 0.297. The Morgan fingerprint density at radius 3 is 2.59 bits per heavy atom. The Bertz CT molecular complexity index is 346. The fourth-order valence-electron chi connectivity index (χ4n) is 3.01. The van der Waals surface area contributed by atoms with Gasteiger partial charge in [-0.3, -0.25) is 4.79 Å². The first-order chi connectivity index (χ1) is 8.03. The average molecular weight is 239 g/mol. The molecule has 3 atom stereocenters. The molecule has 2 aliphatic rings. The number of nitrogens with two attached hydrogens (primary N) is 1. The van der Waals surface area contributed by atoms with Gasteiger partial charge in [0.25, 0.3) is 0 Å². The van der Waals surface area contributed by atoms with Crippen molar-refractivity contribution in [2.24, 2.45) is 28.6 Å². The summed E-state index contributed by atoms with van der Waals surface area (Å²) in [5, 5.41) is 14.7. The first-order valence-corrected chi connectivity index (χ1v) is 6.33. The largest absolute Gasteiger partial charge is 0.409 e. The molecule has 2 fully saturated rings. The van der Waals surface area contributed by atoms with E-state index in [1.165, 1.54) is 19.3 Å². The highest BCUT2D eigenvalue weighted by molar-refractivity contribution is 5.94. The third-order valence-electron chi connectivity index (χ3n) is 4.49. The van der Waals surface area contributed by atoms with E-state index in [9.17, 15) is 4.79 Å². The summed E-state index contributed by atoms with van der Waals surface area (Å²) in [4.78, 5) is 12.1. The zero-order valence-electron chi connectivity index (χ0n) is 10.4. The van der Waals surface area contributed by atoms with Gasteiger partial charge in [-0.25, -0.2) is 0 Å². The van der Waals surface area contributed by atoms with Gasteiger partial charge in [0, 0.05) is 5.92 Å². The summed E-state index contributed by atoms with van der Waals surface area (Å²) in [5.74, 6) is 1.47. The van der Waals surface area contributed by atoms with Crippen molar-refractivity contribution in [1.29, 1.82) is 0 Å². The van der Waals surface area contributed by atoms with E-state index < -0.39 is 5.54 Å². The van der Waals surface area contributed by atoms with E-state index in [0.717, 1.165) is 0 Å². The van der Waals surface area contributed by atoms with Crippen LogP contribution in [0.1, 0.15) is 39.5 Å². The molecule has 0 saturated heterocycles. The Hall–Kier alpha value is -1.26. The summed E-state index contributed by atoms with van der Waals surface area (Å²) < 4.78 is 0. The van der Waals surface area contributed by atoms with Crippen LogP contribution in [0.15, 0.2) is 5.16 Å². The van der Waals surface area contributed by atoms with Gasteiger partial charge in [-0.15, -0.1) is 0 Å². The van der Waals surface area contributed by atoms with E-state index in [-0.39, 0.29) is 17.7 Å². The maximum Gasteiger partial charge on any atom is 0.224 e. The van der Waals surface area contributed by atoms with Crippen LogP contribution >= 0.6 is 0 Å². The molecule has 1 amide bonds. The summed E-state index contributed by atoms with van der Waals surface area (Å²) in [6, 6.07) is 0. The lowest BCUT2D eigenvalue weighted by atomic mass is 9.96. The zero-order chi connectivity index (χ0) is 12.6. The molecular weight excluding hydrogens is 218 g/mol. The maximum absolute atomic E-state index is 12.1. The van der Waals surface area contributed by atoms with Gasteiger partial charge < -0.3 is 16.3 Å². The normalized spacial score (nSPS) is 34.9. The highest BCUT2D eigenvalue weighted by Crippen LogP contribution is 2.57. The van der Waals surface area contributed by atoms with E-state index in [4.69, 9.17) is 10.9 Å². The van der Waals surface area contributed by atoms with Gasteiger partial charge in [0.2, 0.25) is 5.91 Å². The number of nitrogens with one attached hydrogen (secondary N) is 1. The van der Waals surface area contributed by atoms with Crippen molar-refractivity contribution in [2.75, 3.05) is 0 Å². The molecule has 5 nitrogen and oxygen atoms in total. The maximum atomic E-state index is 12.1. The molecule has 0 aromatic rings. The molecule has 17 heavy (non-hydrogen) atoms. The Balaban J connectivity index is 1.98. The summed E-state index contributed by atoms with van der Waals surface area (Å²) in [6.45, 7) is 3.70. The van der Waals surface area contributed by atoms with Gasteiger partial charge >= 0.3 is 0 Å². The number of rotatable bonds is 4. The van der Waals surface area contributed by atoms with Crippen LogP contribution < -0.4 is 11.1 Å². The topological polar surface area (TPSA) is 87.7 Å². The van der Waals surface area contributed by atoms with Crippen molar-refractivity contribution >= 4 is 11.7 Å². The van der Waals surface area contributed by atoms with Crippen molar-refractivity contribution in [2.45, 2.75) is 45.1 Å². The minimum absolute atomic E-state index is 0.0654. The van der Waals surface area contributed by atoms with E-state index in [1.807, 2.05) is 6.92 Å².